The fraction of sp³-hybridized carbons (Fsp3) is 0.920. The molecule has 1 amide bonds. The van der Waals surface area contributed by atoms with Gasteiger partial charge in [0, 0.05) is 6.42 Å². The van der Waals surface area contributed by atoms with E-state index in [2.05, 4.69) is 55.6 Å². The predicted octanol–water partition coefficient (Wildman–Crippen LogP) is 16.2. The Balaban J connectivity index is 1.33. The van der Waals surface area contributed by atoms with Gasteiger partial charge in [-0.15, -0.1) is 0 Å². The summed E-state index contributed by atoms with van der Waals surface area (Å²) in [7, 11) is 0. The van der Waals surface area contributed by atoms with Crippen molar-refractivity contribution in [1.82, 2.24) is 5.32 Å². The number of carbonyl (C=O) groups excluding carboxylic acids is 1. The number of hydrogen-bond acceptors (Lipinski definition) is 18. The molecule has 0 spiro atoms. The lowest BCUT2D eigenvalue weighted by molar-refractivity contribution is -0.379. The molecular formula is C87H163NO18. The highest BCUT2D eigenvalue weighted by molar-refractivity contribution is 5.76. The molecule has 3 aliphatic heterocycles. The van der Waals surface area contributed by atoms with E-state index in [1.165, 1.54) is 289 Å². The summed E-state index contributed by atoms with van der Waals surface area (Å²) in [4.78, 5) is 13.5. The van der Waals surface area contributed by atoms with Crippen LogP contribution in [0.25, 0.3) is 0 Å². The molecule has 19 nitrogen and oxygen atoms in total. The van der Waals surface area contributed by atoms with E-state index in [0.29, 0.717) is 12.8 Å². The second kappa shape index (κ2) is 67.5. The third-order valence-corrected chi connectivity index (χ3v) is 22.2. The summed E-state index contributed by atoms with van der Waals surface area (Å²) in [5.74, 6) is -0.235. The smallest absolute Gasteiger partial charge is 0.220 e. The highest BCUT2D eigenvalue weighted by Gasteiger charge is 2.54. The third-order valence-electron chi connectivity index (χ3n) is 22.2. The van der Waals surface area contributed by atoms with E-state index in [1.54, 1.807) is 0 Å². The average Bonchev–Trinajstić information content (AvgIpc) is 0.781. The Labute approximate surface area is 644 Å². The van der Waals surface area contributed by atoms with Crippen LogP contribution in [-0.4, -0.2) is 193 Å². The second-order valence-electron chi connectivity index (χ2n) is 31.7. The van der Waals surface area contributed by atoms with Crippen LogP contribution in [0.15, 0.2) is 36.5 Å². The Bertz CT molecular complexity index is 2050. The van der Waals surface area contributed by atoms with E-state index in [1.807, 2.05) is 0 Å². The fourth-order valence-electron chi connectivity index (χ4n) is 15.2. The third kappa shape index (κ3) is 46.3. The molecule has 0 aromatic carbocycles. The molecule has 3 heterocycles. The van der Waals surface area contributed by atoms with Gasteiger partial charge in [-0.1, -0.05) is 359 Å². The Kier molecular flexibility index (Phi) is 62.5. The van der Waals surface area contributed by atoms with Crippen LogP contribution in [0.3, 0.4) is 0 Å². The molecule has 3 aliphatic rings. The largest absolute Gasteiger partial charge is 0.394 e. The van der Waals surface area contributed by atoms with E-state index < -0.39 is 124 Å². The van der Waals surface area contributed by atoms with Gasteiger partial charge in [0.25, 0.3) is 0 Å². The van der Waals surface area contributed by atoms with Gasteiger partial charge in [-0.05, 0) is 51.4 Å². The van der Waals surface area contributed by atoms with Crippen LogP contribution >= 0.6 is 0 Å². The topological polar surface area (TPSA) is 307 Å². The standard InChI is InChI=1S/C87H163NO18/c1-3-5-7-9-11-13-15-17-19-21-23-25-27-29-31-33-34-35-36-37-39-41-43-45-47-49-51-53-55-57-59-61-63-65-75(93)88-70(71(92)64-62-60-58-56-54-52-50-48-46-44-42-40-38-32-30-28-26-24-22-20-18-16-14-12-10-8-6-4-2)69-101-85-81(99)78(96)83(73(67-90)103-85)106-87-82(100)79(97)84(74(68-91)104-87)105-86-80(98)77(95)76(94)72(66-89)102-86/h15,17,21,23,27,29,70-74,76-87,89-92,94-100H,3-14,16,18-20,22,24-26,28,30-69H2,1-2H3,(H,88,93)/b17-15-,23-21-,29-27-. The van der Waals surface area contributed by atoms with E-state index in [-0.39, 0.29) is 18.9 Å². The van der Waals surface area contributed by atoms with Crippen molar-refractivity contribution in [1.29, 1.82) is 0 Å². The molecule has 0 bridgehead atoms. The molecule has 3 saturated heterocycles. The zero-order valence-corrected chi connectivity index (χ0v) is 67.2. The first-order valence-corrected chi connectivity index (χ1v) is 44.2. The zero-order valence-electron chi connectivity index (χ0n) is 67.2. The van der Waals surface area contributed by atoms with E-state index in [4.69, 9.17) is 28.4 Å². The summed E-state index contributed by atoms with van der Waals surface area (Å²) in [6.45, 7) is 1.86. The summed E-state index contributed by atoms with van der Waals surface area (Å²) in [6.07, 6.45) is 58.1. The van der Waals surface area contributed by atoms with Crippen molar-refractivity contribution < 1.29 is 89.4 Å². The molecule has 3 fully saturated rings. The molecule has 0 aromatic heterocycles. The van der Waals surface area contributed by atoms with Crippen LogP contribution in [-0.2, 0) is 33.2 Å². The maximum absolute atomic E-state index is 13.5. The number of amides is 1. The van der Waals surface area contributed by atoms with Crippen molar-refractivity contribution in [3.05, 3.63) is 36.5 Å². The number of carbonyl (C=O) groups is 1. The van der Waals surface area contributed by atoms with Gasteiger partial charge in [-0.25, -0.2) is 0 Å². The number of nitrogens with one attached hydrogen (secondary N) is 1. The van der Waals surface area contributed by atoms with Gasteiger partial charge >= 0.3 is 0 Å². The second-order valence-corrected chi connectivity index (χ2v) is 31.7. The number of rotatable bonds is 72. The lowest BCUT2D eigenvalue weighted by Gasteiger charge is -2.48. The molecule has 17 unspecified atom stereocenters. The molecule has 624 valence electrons. The number of hydrogen-bond donors (Lipinski definition) is 12. The van der Waals surface area contributed by atoms with Crippen LogP contribution < -0.4 is 5.32 Å². The Morgan fingerprint density at radius 2 is 0.623 bits per heavy atom. The minimum Gasteiger partial charge on any atom is -0.394 e. The fourth-order valence-corrected chi connectivity index (χ4v) is 15.2. The lowest BCUT2D eigenvalue weighted by Crippen LogP contribution is -2.66. The summed E-state index contributed by atoms with van der Waals surface area (Å²) in [5.41, 5.74) is 0. The molecule has 12 N–H and O–H groups in total. The van der Waals surface area contributed by atoms with Gasteiger partial charge in [-0.3, -0.25) is 4.79 Å². The van der Waals surface area contributed by atoms with Crippen molar-refractivity contribution in [2.24, 2.45) is 0 Å². The average molecular weight is 1510 g/mol. The highest BCUT2D eigenvalue weighted by atomic mass is 16.8. The molecule has 0 saturated carbocycles. The number of allylic oxidation sites excluding steroid dienone is 6. The SMILES string of the molecule is CCCCCCC/C=C\C/C=C\C/C=C\CCCCCCCCCCCCCCCCCCCCC(=O)NC(COC1OC(CO)C(OC2OC(CO)C(OC3OC(CO)C(O)C(O)C3O)C(O)C2O)C(O)C1O)C(O)CCCCCCCCCCCCCCCCCCCCCCCCCCCCCC. The van der Waals surface area contributed by atoms with E-state index >= 15 is 0 Å². The number of ether oxygens (including phenoxy) is 6. The molecule has 3 rings (SSSR count). The quantitative estimate of drug-likeness (QED) is 0.0199. The van der Waals surface area contributed by atoms with Crippen LogP contribution in [0.1, 0.15) is 380 Å². The molecular weight excluding hydrogens is 1350 g/mol. The molecule has 17 atom stereocenters. The number of aliphatic hydroxyl groups excluding tert-OH is 11. The monoisotopic (exact) mass is 1510 g/mol. The van der Waals surface area contributed by atoms with Gasteiger partial charge in [0.05, 0.1) is 38.6 Å². The molecule has 0 aliphatic carbocycles. The molecule has 0 aromatic rings. The summed E-state index contributed by atoms with van der Waals surface area (Å²) >= 11 is 0. The Morgan fingerprint density at radius 1 is 0.340 bits per heavy atom. The lowest BCUT2D eigenvalue weighted by atomic mass is 9.96. The van der Waals surface area contributed by atoms with Gasteiger partial charge < -0.3 is 89.9 Å². The summed E-state index contributed by atoms with van der Waals surface area (Å²) in [6, 6.07) is -0.888. The normalized spacial score (nSPS) is 25.8. The van der Waals surface area contributed by atoms with Crippen LogP contribution in [0.4, 0.5) is 0 Å². The van der Waals surface area contributed by atoms with Crippen LogP contribution in [0.2, 0.25) is 0 Å². The summed E-state index contributed by atoms with van der Waals surface area (Å²) in [5, 5.41) is 121. The minimum absolute atomic E-state index is 0.235. The van der Waals surface area contributed by atoms with Gasteiger partial charge in [0.1, 0.15) is 73.2 Å². The van der Waals surface area contributed by atoms with Crippen LogP contribution in [0, 0.1) is 0 Å². The van der Waals surface area contributed by atoms with Crippen molar-refractivity contribution in [2.45, 2.75) is 484 Å². The number of aliphatic hydroxyl groups is 11. The maximum atomic E-state index is 13.5. The van der Waals surface area contributed by atoms with E-state index in [0.717, 1.165) is 57.8 Å². The molecule has 0 radical (unpaired) electrons. The van der Waals surface area contributed by atoms with Crippen molar-refractivity contribution >= 4 is 5.91 Å². The molecule has 106 heavy (non-hydrogen) atoms. The van der Waals surface area contributed by atoms with Crippen molar-refractivity contribution in [3.63, 3.8) is 0 Å². The molecule has 19 heteroatoms. The number of unbranched alkanes of at least 4 members (excludes halogenated alkanes) is 50. The van der Waals surface area contributed by atoms with E-state index in [9.17, 15) is 61.0 Å². The first-order chi connectivity index (χ1) is 51.8. The van der Waals surface area contributed by atoms with Gasteiger partial charge in [-0.2, -0.15) is 0 Å². The van der Waals surface area contributed by atoms with Gasteiger partial charge in [0.2, 0.25) is 5.91 Å². The first kappa shape index (κ1) is 98.2. The van der Waals surface area contributed by atoms with Crippen LogP contribution in [0.5, 0.6) is 0 Å². The Morgan fingerprint density at radius 3 is 0.972 bits per heavy atom. The van der Waals surface area contributed by atoms with Gasteiger partial charge in [0.15, 0.2) is 18.9 Å². The summed E-state index contributed by atoms with van der Waals surface area (Å²) < 4.78 is 34.6. The highest BCUT2D eigenvalue weighted by Crippen LogP contribution is 2.34. The van der Waals surface area contributed by atoms with Crippen molar-refractivity contribution in [2.75, 3.05) is 26.4 Å². The first-order valence-electron chi connectivity index (χ1n) is 44.2. The predicted molar refractivity (Wildman–Crippen MR) is 425 cm³/mol. The Hall–Kier alpha value is -1.99. The van der Waals surface area contributed by atoms with Crippen molar-refractivity contribution in [3.8, 4) is 0 Å². The minimum atomic E-state index is -1.97. The maximum Gasteiger partial charge on any atom is 0.220 e. The zero-order chi connectivity index (χ0) is 76.7.